The first-order chi connectivity index (χ1) is 11.5. The van der Waals surface area contributed by atoms with E-state index >= 15 is 0 Å². The monoisotopic (exact) mass is 387 g/mol. The Bertz CT molecular complexity index is 835. The van der Waals surface area contributed by atoms with Crippen LogP contribution >= 0.6 is 15.9 Å². The normalized spacial score (nSPS) is 11.0. The number of carboxylic acids is 1. The quantitative estimate of drug-likeness (QED) is 0.588. The van der Waals surface area contributed by atoms with E-state index in [0.717, 1.165) is 0 Å². The van der Waals surface area contributed by atoms with Crippen LogP contribution in [0.3, 0.4) is 0 Å². The van der Waals surface area contributed by atoms with Crippen molar-refractivity contribution in [2.75, 3.05) is 6.61 Å². The Labute approximate surface area is 147 Å². The van der Waals surface area contributed by atoms with Crippen LogP contribution in [0.4, 0.5) is 0 Å². The molecule has 0 radical (unpaired) electrons. The summed E-state index contributed by atoms with van der Waals surface area (Å²) in [7, 11) is 0. The fourth-order valence-corrected chi connectivity index (χ4v) is 2.51. The van der Waals surface area contributed by atoms with Crippen molar-refractivity contribution in [2.24, 2.45) is 0 Å². The summed E-state index contributed by atoms with van der Waals surface area (Å²) in [5.41, 5.74) is 1.77. The predicted molar refractivity (Wildman–Crippen MR) is 93.9 cm³/mol. The fourth-order valence-electron chi connectivity index (χ4n) is 2.07. The third kappa shape index (κ3) is 3.94. The molecule has 0 aliphatic carbocycles. The van der Waals surface area contributed by atoms with Gasteiger partial charge in [0.15, 0.2) is 11.5 Å². The molecule has 0 aliphatic rings. The maximum Gasteiger partial charge on any atom is 0.335 e. The van der Waals surface area contributed by atoms with Gasteiger partial charge in [0, 0.05) is 4.47 Å². The minimum atomic E-state index is -1.02. The summed E-state index contributed by atoms with van der Waals surface area (Å²) in [6.07, 6.45) is 1.64. The highest BCUT2D eigenvalue weighted by Crippen LogP contribution is 2.34. The molecule has 24 heavy (non-hydrogen) atoms. The molecule has 122 valence electrons. The Kier molecular flexibility index (Phi) is 5.61. The molecular weight excluding hydrogens is 374 g/mol. The van der Waals surface area contributed by atoms with Crippen LogP contribution < -0.4 is 4.74 Å². The molecule has 0 heterocycles. The number of carboxylic acid groups (broad SMARTS) is 1. The van der Waals surface area contributed by atoms with E-state index in [2.05, 4.69) is 22.0 Å². The van der Waals surface area contributed by atoms with Crippen LogP contribution in [0.2, 0.25) is 0 Å². The van der Waals surface area contributed by atoms with Crippen molar-refractivity contribution >= 4 is 33.5 Å². The molecule has 0 atom stereocenters. The van der Waals surface area contributed by atoms with E-state index in [-0.39, 0.29) is 11.3 Å². The Hall–Kier alpha value is -2.78. The summed E-state index contributed by atoms with van der Waals surface area (Å²) < 4.78 is 5.96. The number of aromatic carboxylic acids is 1. The number of phenols is 1. The van der Waals surface area contributed by atoms with Crippen molar-refractivity contribution in [3.63, 3.8) is 0 Å². The van der Waals surface area contributed by atoms with E-state index in [4.69, 9.17) is 9.84 Å². The zero-order valence-electron chi connectivity index (χ0n) is 12.8. The zero-order valence-corrected chi connectivity index (χ0v) is 14.4. The van der Waals surface area contributed by atoms with E-state index in [1.54, 1.807) is 24.3 Å². The molecule has 0 amide bonds. The molecule has 2 N–H and O–H groups in total. The summed E-state index contributed by atoms with van der Waals surface area (Å²) in [4.78, 5) is 10.9. The number of carbonyl (C=O) groups is 1. The zero-order chi connectivity index (χ0) is 17.7. The summed E-state index contributed by atoms with van der Waals surface area (Å²) in [5, 5.41) is 28.2. The van der Waals surface area contributed by atoms with Gasteiger partial charge >= 0.3 is 5.97 Å². The first kappa shape index (κ1) is 17.6. The number of nitriles is 1. The maximum atomic E-state index is 10.9. The summed E-state index contributed by atoms with van der Waals surface area (Å²) in [6.45, 7) is 2.21. The van der Waals surface area contributed by atoms with E-state index in [0.29, 0.717) is 33.5 Å². The van der Waals surface area contributed by atoms with E-state index in [1.807, 2.05) is 6.92 Å². The van der Waals surface area contributed by atoms with Crippen molar-refractivity contribution in [3.05, 3.63) is 57.6 Å². The SMILES string of the molecule is CCOc1cc(/C=C(/C#N)c2ccc(C(=O)O)cc2)c(Br)cc1O. The van der Waals surface area contributed by atoms with Gasteiger partial charge in [-0.25, -0.2) is 4.79 Å². The highest BCUT2D eigenvalue weighted by Gasteiger charge is 2.10. The third-order valence-corrected chi connectivity index (χ3v) is 3.93. The molecule has 0 saturated heterocycles. The Morgan fingerprint density at radius 1 is 1.29 bits per heavy atom. The Morgan fingerprint density at radius 3 is 2.46 bits per heavy atom. The van der Waals surface area contributed by atoms with Crippen molar-refractivity contribution in [2.45, 2.75) is 6.92 Å². The number of hydrogen-bond acceptors (Lipinski definition) is 4. The molecule has 2 aromatic rings. The lowest BCUT2D eigenvalue weighted by Crippen LogP contribution is -1.96. The van der Waals surface area contributed by atoms with Gasteiger partial charge in [0.25, 0.3) is 0 Å². The van der Waals surface area contributed by atoms with Gasteiger partial charge in [0.05, 0.1) is 23.8 Å². The topological polar surface area (TPSA) is 90.5 Å². The molecule has 2 aromatic carbocycles. The highest BCUT2D eigenvalue weighted by molar-refractivity contribution is 9.10. The number of halogens is 1. The number of hydrogen-bond donors (Lipinski definition) is 2. The van der Waals surface area contributed by atoms with Gasteiger partial charge in [-0.3, -0.25) is 0 Å². The van der Waals surface area contributed by atoms with Crippen LogP contribution in [0.1, 0.15) is 28.4 Å². The van der Waals surface area contributed by atoms with Crippen LogP contribution in [0.25, 0.3) is 11.6 Å². The lowest BCUT2D eigenvalue weighted by atomic mass is 10.0. The summed E-state index contributed by atoms with van der Waals surface area (Å²) in [5.74, 6) is -0.692. The molecule has 0 aromatic heterocycles. The molecule has 0 aliphatic heterocycles. The number of aromatic hydroxyl groups is 1. The summed E-state index contributed by atoms with van der Waals surface area (Å²) >= 11 is 3.35. The molecule has 0 saturated carbocycles. The van der Waals surface area contributed by atoms with Gasteiger partial charge in [0.1, 0.15) is 0 Å². The van der Waals surface area contributed by atoms with Crippen molar-refractivity contribution in [3.8, 4) is 17.6 Å². The van der Waals surface area contributed by atoms with E-state index < -0.39 is 5.97 Å². The molecule has 5 nitrogen and oxygen atoms in total. The van der Waals surface area contributed by atoms with Crippen LogP contribution in [-0.4, -0.2) is 22.8 Å². The highest BCUT2D eigenvalue weighted by atomic mass is 79.9. The predicted octanol–water partition coefficient (Wildman–Crippen LogP) is 4.32. The minimum absolute atomic E-state index is 0.00481. The molecule has 0 bridgehead atoms. The second kappa shape index (κ2) is 7.66. The summed E-state index contributed by atoms with van der Waals surface area (Å²) in [6, 6.07) is 11.3. The van der Waals surface area contributed by atoms with Gasteiger partial charge < -0.3 is 14.9 Å². The van der Waals surface area contributed by atoms with Crippen LogP contribution in [-0.2, 0) is 0 Å². The fraction of sp³-hybridized carbons (Fsp3) is 0.111. The second-order valence-electron chi connectivity index (χ2n) is 4.83. The number of benzene rings is 2. The van der Waals surface area contributed by atoms with Crippen molar-refractivity contribution in [1.29, 1.82) is 5.26 Å². The van der Waals surface area contributed by atoms with Gasteiger partial charge in [-0.1, -0.05) is 28.1 Å². The van der Waals surface area contributed by atoms with E-state index in [9.17, 15) is 15.2 Å². The standard InChI is InChI=1S/C18H14BrNO4/c1-2-24-17-8-13(15(19)9-16(17)21)7-14(10-20)11-3-5-12(6-4-11)18(22)23/h3-9,21H,2H2,1H3,(H,22,23)/b14-7-. The van der Waals surface area contributed by atoms with Crippen LogP contribution in [0.5, 0.6) is 11.5 Å². The number of nitrogens with zero attached hydrogens (tertiary/aromatic N) is 1. The largest absolute Gasteiger partial charge is 0.504 e. The molecule has 6 heteroatoms. The molecule has 0 unspecified atom stereocenters. The average molecular weight is 388 g/mol. The lowest BCUT2D eigenvalue weighted by Gasteiger charge is -2.09. The number of ether oxygens (including phenoxy) is 1. The van der Waals surface area contributed by atoms with Crippen LogP contribution in [0.15, 0.2) is 40.9 Å². The van der Waals surface area contributed by atoms with Gasteiger partial charge in [-0.05, 0) is 48.4 Å². The molecule has 2 rings (SSSR count). The van der Waals surface area contributed by atoms with Gasteiger partial charge in [0.2, 0.25) is 0 Å². The number of allylic oxidation sites excluding steroid dienone is 1. The van der Waals surface area contributed by atoms with Gasteiger partial charge in [-0.15, -0.1) is 0 Å². The van der Waals surface area contributed by atoms with Gasteiger partial charge in [-0.2, -0.15) is 5.26 Å². The molecule has 0 fully saturated rings. The molecular formula is C18H14BrNO4. The first-order valence-corrected chi connectivity index (χ1v) is 7.86. The van der Waals surface area contributed by atoms with Crippen LogP contribution in [0, 0.1) is 11.3 Å². The van der Waals surface area contributed by atoms with Crippen molar-refractivity contribution in [1.82, 2.24) is 0 Å². The van der Waals surface area contributed by atoms with E-state index in [1.165, 1.54) is 18.2 Å². The molecule has 0 spiro atoms. The first-order valence-electron chi connectivity index (χ1n) is 7.07. The average Bonchev–Trinajstić information content (AvgIpc) is 2.56. The minimum Gasteiger partial charge on any atom is -0.504 e. The number of rotatable bonds is 5. The van der Waals surface area contributed by atoms with Crippen molar-refractivity contribution < 1.29 is 19.7 Å². The number of phenolic OH excluding ortho intramolecular Hbond substituents is 1. The smallest absolute Gasteiger partial charge is 0.335 e. The second-order valence-corrected chi connectivity index (χ2v) is 5.68. The maximum absolute atomic E-state index is 10.9. The Balaban J connectivity index is 2.45. The third-order valence-electron chi connectivity index (χ3n) is 3.24. The Morgan fingerprint density at radius 2 is 1.92 bits per heavy atom. The lowest BCUT2D eigenvalue weighted by molar-refractivity contribution is 0.0697.